The van der Waals surface area contributed by atoms with E-state index in [-0.39, 0.29) is 11.8 Å². The second-order valence-corrected chi connectivity index (χ2v) is 6.27. The molecule has 3 unspecified atom stereocenters. The molecule has 18 heavy (non-hydrogen) atoms. The number of nitrogens with zero attached hydrogens (tertiary/aromatic N) is 1. The monoisotopic (exact) mass is 253 g/mol. The van der Waals surface area contributed by atoms with Crippen LogP contribution in [0.25, 0.3) is 0 Å². The third-order valence-corrected chi connectivity index (χ3v) is 4.29. The van der Waals surface area contributed by atoms with E-state index in [2.05, 4.69) is 24.1 Å². The van der Waals surface area contributed by atoms with Gasteiger partial charge in [0.05, 0.1) is 5.92 Å². The van der Waals surface area contributed by atoms with Crippen molar-refractivity contribution in [2.75, 3.05) is 19.6 Å². The number of primary amides is 1. The van der Waals surface area contributed by atoms with Crippen LogP contribution in [0, 0.1) is 11.8 Å². The molecule has 0 aromatic rings. The van der Waals surface area contributed by atoms with Crippen molar-refractivity contribution >= 4 is 5.91 Å². The molecular weight excluding hydrogens is 226 g/mol. The summed E-state index contributed by atoms with van der Waals surface area (Å²) in [5.74, 6) is 0.570. The summed E-state index contributed by atoms with van der Waals surface area (Å²) in [4.78, 5) is 13.7. The quantitative estimate of drug-likeness (QED) is 0.741. The summed E-state index contributed by atoms with van der Waals surface area (Å²) in [7, 11) is 0. The van der Waals surface area contributed by atoms with Gasteiger partial charge < -0.3 is 11.1 Å². The van der Waals surface area contributed by atoms with Gasteiger partial charge in [-0.2, -0.15) is 0 Å². The molecular formula is C14H27N3O. The van der Waals surface area contributed by atoms with Crippen molar-refractivity contribution in [1.29, 1.82) is 0 Å². The van der Waals surface area contributed by atoms with Crippen molar-refractivity contribution in [1.82, 2.24) is 10.2 Å². The van der Waals surface area contributed by atoms with Gasteiger partial charge in [0.2, 0.25) is 5.91 Å². The minimum absolute atomic E-state index is 0.0600. The number of rotatable bonds is 6. The van der Waals surface area contributed by atoms with E-state index in [0.717, 1.165) is 38.5 Å². The second-order valence-electron chi connectivity index (χ2n) is 6.27. The molecule has 1 saturated heterocycles. The van der Waals surface area contributed by atoms with Crippen LogP contribution >= 0.6 is 0 Å². The molecule has 104 valence electrons. The lowest BCUT2D eigenvalue weighted by Crippen LogP contribution is -2.48. The van der Waals surface area contributed by atoms with Gasteiger partial charge in [-0.05, 0) is 45.1 Å². The highest BCUT2D eigenvalue weighted by Crippen LogP contribution is 2.23. The van der Waals surface area contributed by atoms with Crippen molar-refractivity contribution in [3.63, 3.8) is 0 Å². The smallest absolute Gasteiger partial charge is 0.221 e. The van der Waals surface area contributed by atoms with E-state index < -0.39 is 0 Å². The van der Waals surface area contributed by atoms with Crippen molar-refractivity contribution in [2.24, 2.45) is 17.6 Å². The number of piperidine rings is 1. The van der Waals surface area contributed by atoms with Crippen molar-refractivity contribution < 1.29 is 4.79 Å². The predicted molar refractivity (Wildman–Crippen MR) is 73.1 cm³/mol. The summed E-state index contributed by atoms with van der Waals surface area (Å²) in [6, 6.07) is 1.37. The molecule has 2 rings (SSSR count). The van der Waals surface area contributed by atoms with Crippen molar-refractivity contribution in [3.8, 4) is 0 Å². The maximum atomic E-state index is 11.3. The van der Waals surface area contributed by atoms with E-state index in [4.69, 9.17) is 5.73 Å². The fraction of sp³-hybridized carbons (Fsp3) is 0.929. The SMILES string of the molecule is CC(CNC1CC1)CN1CC(C(N)=O)CCC1C. The molecule has 3 N–H and O–H groups in total. The molecule has 3 atom stereocenters. The summed E-state index contributed by atoms with van der Waals surface area (Å²) >= 11 is 0. The number of hydrogen-bond donors (Lipinski definition) is 2. The van der Waals surface area contributed by atoms with Crippen LogP contribution in [0.15, 0.2) is 0 Å². The van der Waals surface area contributed by atoms with Gasteiger partial charge in [-0.25, -0.2) is 0 Å². The first kappa shape index (κ1) is 13.8. The minimum atomic E-state index is -0.129. The molecule has 1 saturated carbocycles. The Hall–Kier alpha value is -0.610. The van der Waals surface area contributed by atoms with Crippen molar-refractivity contribution in [3.05, 3.63) is 0 Å². The molecule has 0 radical (unpaired) electrons. The van der Waals surface area contributed by atoms with Crippen LogP contribution in [0.4, 0.5) is 0 Å². The third-order valence-electron chi connectivity index (χ3n) is 4.29. The van der Waals surface area contributed by atoms with E-state index in [0.29, 0.717) is 12.0 Å². The summed E-state index contributed by atoms with van der Waals surface area (Å²) in [5.41, 5.74) is 5.43. The molecule has 0 aromatic carbocycles. The zero-order valence-electron chi connectivity index (χ0n) is 11.7. The third kappa shape index (κ3) is 3.95. The maximum absolute atomic E-state index is 11.3. The zero-order chi connectivity index (χ0) is 13.1. The van der Waals surface area contributed by atoms with Crippen LogP contribution < -0.4 is 11.1 Å². The molecule has 1 heterocycles. The molecule has 2 aliphatic rings. The molecule has 1 amide bonds. The van der Waals surface area contributed by atoms with Gasteiger partial charge >= 0.3 is 0 Å². The normalized spacial score (nSPS) is 31.2. The van der Waals surface area contributed by atoms with Gasteiger partial charge in [0.1, 0.15) is 0 Å². The first-order valence-corrected chi connectivity index (χ1v) is 7.33. The van der Waals surface area contributed by atoms with E-state index in [1.807, 2.05) is 0 Å². The summed E-state index contributed by atoms with van der Waals surface area (Å²) in [5, 5.41) is 3.58. The Bertz CT molecular complexity index is 291. The maximum Gasteiger partial charge on any atom is 0.221 e. The fourth-order valence-electron chi connectivity index (χ4n) is 2.79. The minimum Gasteiger partial charge on any atom is -0.369 e. The van der Waals surface area contributed by atoms with Gasteiger partial charge in [-0.3, -0.25) is 9.69 Å². The lowest BCUT2D eigenvalue weighted by Gasteiger charge is -2.38. The number of hydrogen-bond acceptors (Lipinski definition) is 3. The van der Waals surface area contributed by atoms with Gasteiger partial charge in [-0.15, -0.1) is 0 Å². The Morgan fingerprint density at radius 1 is 1.39 bits per heavy atom. The van der Waals surface area contributed by atoms with Gasteiger partial charge in [0.15, 0.2) is 0 Å². The highest BCUT2D eigenvalue weighted by atomic mass is 16.1. The average Bonchev–Trinajstić information content (AvgIpc) is 3.13. The van der Waals surface area contributed by atoms with Crippen LogP contribution in [-0.4, -0.2) is 42.5 Å². The van der Waals surface area contributed by atoms with Gasteiger partial charge in [0.25, 0.3) is 0 Å². The lowest BCUT2D eigenvalue weighted by molar-refractivity contribution is -0.124. The number of nitrogens with two attached hydrogens (primary N) is 1. The summed E-state index contributed by atoms with van der Waals surface area (Å²) in [6.45, 7) is 7.57. The molecule has 1 aliphatic heterocycles. The Labute approximate surface area is 110 Å². The molecule has 0 bridgehead atoms. The topological polar surface area (TPSA) is 58.4 Å². The lowest BCUT2D eigenvalue weighted by atomic mass is 9.92. The van der Waals surface area contributed by atoms with E-state index in [1.54, 1.807) is 0 Å². The number of carbonyl (C=O) groups is 1. The molecule has 0 aromatic heterocycles. The van der Waals surface area contributed by atoms with Gasteiger partial charge in [0, 0.05) is 25.2 Å². The first-order chi connectivity index (χ1) is 8.56. The standard InChI is InChI=1S/C14H27N3O/c1-10(7-16-13-5-6-13)8-17-9-12(14(15)18)4-3-11(17)2/h10-13,16H,3-9H2,1-2H3,(H2,15,18). The zero-order valence-corrected chi connectivity index (χ0v) is 11.7. The molecule has 4 nitrogen and oxygen atoms in total. The van der Waals surface area contributed by atoms with Crippen LogP contribution in [0.3, 0.4) is 0 Å². The average molecular weight is 253 g/mol. The van der Waals surface area contributed by atoms with Crippen LogP contribution in [-0.2, 0) is 4.79 Å². The van der Waals surface area contributed by atoms with Crippen molar-refractivity contribution in [2.45, 2.75) is 51.6 Å². The van der Waals surface area contributed by atoms with Crippen LogP contribution in [0.1, 0.15) is 39.5 Å². The Balaban J connectivity index is 1.75. The number of likely N-dealkylation sites (tertiary alicyclic amines) is 1. The number of amides is 1. The summed E-state index contributed by atoms with van der Waals surface area (Å²) in [6.07, 6.45) is 4.74. The van der Waals surface area contributed by atoms with E-state index in [9.17, 15) is 4.79 Å². The Morgan fingerprint density at radius 2 is 2.11 bits per heavy atom. The largest absolute Gasteiger partial charge is 0.369 e. The van der Waals surface area contributed by atoms with E-state index >= 15 is 0 Å². The molecule has 4 heteroatoms. The first-order valence-electron chi connectivity index (χ1n) is 7.33. The highest BCUT2D eigenvalue weighted by molar-refractivity contribution is 5.76. The molecule has 1 aliphatic carbocycles. The second kappa shape index (κ2) is 6.02. The fourth-order valence-corrected chi connectivity index (χ4v) is 2.79. The van der Waals surface area contributed by atoms with Crippen LogP contribution in [0.5, 0.6) is 0 Å². The van der Waals surface area contributed by atoms with Gasteiger partial charge in [-0.1, -0.05) is 6.92 Å². The number of nitrogens with one attached hydrogen (secondary N) is 1. The van der Waals surface area contributed by atoms with E-state index in [1.165, 1.54) is 12.8 Å². The number of carbonyl (C=O) groups excluding carboxylic acids is 1. The summed E-state index contributed by atoms with van der Waals surface area (Å²) < 4.78 is 0. The highest BCUT2D eigenvalue weighted by Gasteiger charge is 2.29. The molecule has 2 fully saturated rings. The van der Waals surface area contributed by atoms with Crippen LogP contribution in [0.2, 0.25) is 0 Å². The Kier molecular flexibility index (Phi) is 4.62. The predicted octanol–water partition coefficient (Wildman–Crippen LogP) is 0.960. The molecule has 0 spiro atoms. The Morgan fingerprint density at radius 3 is 2.72 bits per heavy atom.